The maximum absolute atomic E-state index is 14.0. The van der Waals surface area contributed by atoms with E-state index in [2.05, 4.69) is 9.88 Å². The molecule has 1 aliphatic heterocycles. The molecule has 1 fully saturated rings. The van der Waals surface area contributed by atoms with E-state index >= 15 is 0 Å². The van der Waals surface area contributed by atoms with E-state index in [-0.39, 0.29) is 17.5 Å². The quantitative estimate of drug-likeness (QED) is 0.446. The third-order valence-corrected chi connectivity index (χ3v) is 6.20. The van der Waals surface area contributed by atoms with Gasteiger partial charge >= 0.3 is 0 Å². The summed E-state index contributed by atoms with van der Waals surface area (Å²) in [5.74, 6) is -0.109. The van der Waals surface area contributed by atoms with Crippen LogP contribution >= 0.6 is 0 Å². The summed E-state index contributed by atoms with van der Waals surface area (Å²) in [6, 6.07) is 18.5. The number of piperazine rings is 1. The van der Waals surface area contributed by atoms with Crippen LogP contribution in [0.25, 0.3) is 22.2 Å². The summed E-state index contributed by atoms with van der Waals surface area (Å²) in [6.07, 6.45) is 3.45. The summed E-state index contributed by atoms with van der Waals surface area (Å²) in [6.45, 7) is 3.30. The second kappa shape index (κ2) is 9.57. The summed E-state index contributed by atoms with van der Waals surface area (Å²) < 4.78 is 19.0. The number of fused-ring (bicyclic) bond motifs is 1. The summed E-state index contributed by atoms with van der Waals surface area (Å²) in [5.41, 5.74) is 4.01. The van der Waals surface area contributed by atoms with Crippen LogP contribution in [0.15, 0.2) is 73.1 Å². The Kier molecular flexibility index (Phi) is 6.18. The van der Waals surface area contributed by atoms with Crippen molar-refractivity contribution in [2.24, 2.45) is 0 Å². The van der Waals surface area contributed by atoms with Gasteiger partial charge in [0.1, 0.15) is 0 Å². The number of benzene rings is 2. The number of para-hydroxylation sites is 1. The van der Waals surface area contributed by atoms with Crippen LogP contribution in [0.4, 0.5) is 4.39 Å². The van der Waals surface area contributed by atoms with Gasteiger partial charge in [0.05, 0.1) is 23.9 Å². The van der Waals surface area contributed by atoms with Crippen molar-refractivity contribution >= 4 is 16.8 Å². The van der Waals surface area contributed by atoms with Crippen LogP contribution in [-0.2, 0) is 6.54 Å². The molecular weight excluding hydrogens is 431 g/mol. The van der Waals surface area contributed by atoms with Crippen LogP contribution in [0.2, 0.25) is 0 Å². The number of nitrogens with zero attached hydrogens (tertiary/aromatic N) is 4. The van der Waals surface area contributed by atoms with Gasteiger partial charge in [-0.05, 0) is 42.0 Å². The van der Waals surface area contributed by atoms with Crippen LogP contribution in [0.3, 0.4) is 0 Å². The lowest BCUT2D eigenvalue weighted by Gasteiger charge is -2.35. The van der Waals surface area contributed by atoms with Crippen LogP contribution in [0.1, 0.15) is 15.9 Å². The Morgan fingerprint density at radius 1 is 1.00 bits per heavy atom. The highest BCUT2D eigenvalue weighted by Gasteiger charge is 2.24. The SMILES string of the molecule is COc1ccc(CN2CCN(C(=O)c3cc(-c4ccncc4)nc4ccccc34)CC2)cc1F. The molecule has 1 aliphatic rings. The summed E-state index contributed by atoms with van der Waals surface area (Å²) in [4.78, 5) is 26.6. The van der Waals surface area contributed by atoms with Crippen molar-refractivity contribution in [2.75, 3.05) is 33.3 Å². The van der Waals surface area contributed by atoms with E-state index in [4.69, 9.17) is 9.72 Å². The van der Waals surface area contributed by atoms with Gasteiger partial charge < -0.3 is 9.64 Å². The van der Waals surface area contributed by atoms with Gasteiger partial charge in [-0.3, -0.25) is 14.7 Å². The van der Waals surface area contributed by atoms with Gasteiger partial charge in [-0.15, -0.1) is 0 Å². The third-order valence-electron chi connectivity index (χ3n) is 6.20. The fourth-order valence-electron chi connectivity index (χ4n) is 4.37. The molecule has 5 rings (SSSR count). The molecule has 1 saturated heterocycles. The molecular formula is C27H25FN4O2. The van der Waals surface area contributed by atoms with Gasteiger partial charge in [0.15, 0.2) is 11.6 Å². The molecule has 0 aliphatic carbocycles. The van der Waals surface area contributed by atoms with E-state index in [9.17, 15) is 9.18 Å². The Balaban J connectivity index is 1.33. The molecule has 0 spiro atoms. The summed E-state index contributed by atoms with van der Waals surface area (Å²) in [5, 5.41) is 0.849. The monoisotopic (exact) mass is 456 g/mol. The fourth-order valence-corrected chi connectivity index (χ4v) is 4.37. The number of aromatic nitrogens is 2. The molecule has 4 aromatic rings. The average Bonchev–Trinajstić information content (AvgIpc) is 2.89. The van der Waals surface area contributed by atoms with Crippen molar-refractivity contribution in [1.82, 2.24) is 19.8 Å². The standard InChI is InChI=1S/C27H25FN4O2/c1-34-26-7-6-19(16-23(26)28)18-31-12-14-32(15-13-31)27(33)22-17-25(20-8-10-29-11-9-20)30-24-5-3-2-4-21(22)24/h2-11,16-17H,12-15,18H2,1H3. The Morgan fingerprint density at radius 3 is 2.50 bits per heavy atom. The molecule has 2 aromatic carbocycles. The van der Waals surface area contributed by atoms with Crippen molar-refractivity contribution in [3.63, 3.8) is 0 Å². The first-order valence-corrected chi connectivity index (χ1v) is 11.3. The van der Waals surface area contributed by atoms with Crippen molar-refractivity contribution in [2.45, 2.75) is 6.54 Å². The minimum Gasteiger partial charge on any atom is -0.494 e. The van der Waals surface area contributed by atoms with Gasteiger partial charge in [-0.1, -0.05) is 24.3 Å². The van der Waals surface area contributed by atoms with E-state index in [1.54, 1.807) is 18.5 Å². The summed E-state index contributed by atoms with van der Waals surface area (Å²) >= 11 is 0. The highest BCUT2D eigenvalue weighted by molar-refractivity contribution is 6.07. The molecule has 0 bridgehead atoms. The van der Waals surface area contributed by atoms with E-state index in [0.29, 0.717) is 25.2 Å². The predicted octanol–water partition coefficient (Wildman–Crippen LogP) is 4.40. The summed E-state index contributed by atoms with van der Waals surface area (Å²) in [7, 11) is 1.46. The fraction of sp³-hybridized carbons (Fsp3) is 0.222. The minimum absolute atomic E-state index is 0.00375. The normalized spacial score (nSPS) is 14.4. The number of halogens is 1. The Labute approximate surface area is 197 Å². The predicted molar refractivity (Wildman–Crippen MR) is 129 cm³/mol. The molecule has 3 heterocycles. The number of rotatable bonds is 5. The molecule has 0 radical (unpaired) electrons. The number of pyridine rings is 2. The van der Waals surface area contributed by atoms with E-state index in [1.165, 1.54) is 13.2 Å². The number of hydrogen-bond donors (Lipinski definition) is 0. The number of amides is 1. The molecule has 2 aromatic heterocycles. The van der Waals surface area contributed by atoms with Crippen molar-refractivity contribution in [3.05, 3.63) is 90.0 Å². The molecule has 0 unspecified atom stereocenters. The molecule has 34 heavy (non-hydrogen) atoms. The maximum Gasteiger partial charge on any atom is 0.254 e. The number of methoxy groups -OCH3 is 1. The molecule has 172 valence electrons. The lowest BCUT2D eigenvalue weighted by Crippen LogP contribution is -2.48. The van der Waals surface area contributed by atoms with E-state index in [1.807, 2.05) is 53.4 Å². The zero-order chi connectivity index (χ0) is 23.5. The first kappa shape index (κ1) is 22.0. The molecule has 0 atom stereocenters. The average molecular weight is 457 g/mol. The van der Waals surface area contributed by atoms with Crippen LogP contribution in [0.5, 0.6) is 5.75 Å². The topological polar surface area (TPSA) is 58.6 Å². The van der Waals surface area contributed by atoms with E-state index in [0.717, 1.165) is 40.8 Å². The molecule has 0 N–H and O–H groups in total. The van der Waals surface area contributed by atoms with Crippen molar-refractivity contribution in [1.29, 1.82) is 0 Å². The smallest absolute Gasteiger partial charge is 0.254 e. The zero-order valence-electron chi connectivity index (χ0n) is 18.9. The molecule has 0 saturated carbocycles. The second-order valence-corrected chi connectivity index (χ2v) is 8.35. The van der Waals surface area contributed by atoms with Gasteiger partial charge in [-0.2, -0.15) is 0 Å². The molecule has 1 amide bonds. The van der Waals surface area contributed by atoms with Crippen molar-refractivity contribution < 1.29 is 13.9 Å². The first-order valence-electron chi connectivity index (χ1n) is 11.3. The van der Waals surface area contributed by atoms with Crippen LogP contribution in [0, 0.1) is 5.82 Å². The number of carbonyl (C=O) groups excluding carboxylic acids is 1. The largest absolute Gasteiger partial charge is 0.494 e. The van der Waals surface area contributed by atoms with E-state index < -0.39 is 0 Å². The van der Waals surface area contributed by atoms with Gasteiger partial charge in [0.2, 0.25) is 0 Å². The second-order valence-electron chi connectivity index (χ2n) is 8.35. The van der Waals surface area contributed by atoms with Crippen LogP contribution in [-0.4, -0.2) is 59.0 Å². The van der Waals surface area contributed by atoms with Gasteiger partial charge in [0, 0.05) is 56.1 Å². The molecule has 6 nitrogen and oxygen atoms in total. The highest BCUT2D eigenvalue weighted by atomic mass is 19.1. The number of hydrogen-bond acceptors (Lipinski definition) is 5. The van der Waals surface area contributed by atoms with Gasteiger partial charge in [0.25, 0.3) is 5.91 Å². The maximum atomic E-state index is 14.0. The zero-order valence-corrected chi connectivity index (χ0v) is 18.9. The first-order chi connectivity index (χ1) is 16.6. The lowest BCUT2D eigenvalue weighted by atomic mass is 10.0. The minimum atomic E-state index is -0.358. The van der Waals surface area contributed by atoms with Crippen LogP contribution < -0.4 is 4.74 Å². The third kappa shape index (κ3) is 4.47. The Hall–Kier alpha value is -3.84. The Morgan fingerprint density at radius 2 is 1.76 bits per heavy atom. The van der Waals surface area contributed by atoms with Crippen molar-refractivity contribution in [3.8, 4) is 17.0 Å². The highest BCUT2D eigenvalue weighted by Crippen LogP contribution is 2.26. The molecule has 7 heteroatoms. The number of carbonyl (C=O) groups is 1. The Bertz CT molecular complexity index is 1320. The van der Waals surface area contributed by atoms with Gasteiger partial charge in [-0.25, -0.2) is 9.37 Å². The lowest BCUT2D eigenvalue weighted by molar-refractivity contribution is 0.0630. The number of ether oxygens (including phenoxy) is 1.